The number of carbonyl (C=O) groups is 2. The molecule has 2 amide bonds. The standard InChI is InChI=1S/C27H30N4O2/c1-20(29-25(32)23-12-11-21-7-5-6-8-22(21)17-23)18-30-15-13-27(14-16-30)26(33)28-19-31(27)24-9-3-2-4-10-24/h2-12,17,20H,13-16,18-19H2,1H3,(H,28,33)(H,29,32). The first-order valence-electron chi connectivity index (χ1n) is 11.7. The molecule has 0 aliphatic carbocycles. The maximum atomic E-state index is 12.8. The van der Waals surface area contributed by atoms with Gasteiger partial charge in [0.25, 0.3) is 5.91 Å². The van der Waals surface area contributed by atoms with E-state index in [1.54, 1.807) is 0 Å². The summed E-state index contributed by atoms with van der Waals surface area (Å²) < 4.78 is 0. The minimum absolute atomic E-state index is 0.0145. The summed E-state index contributed by atoms with van der Waals surface area (Å²) in [5.74, 6) is 0.0795. The maximum Gasteiger partial charge on any atom is 0.251 e. The number of likely N-dealkylation sites (tertiary alicyclic amines) is 1. The lowest BCUT2D eigenvalue weighted by Gasteiger charge is -2.43. The number of nitrogens with one attached hydrogen (secondary N) is 2. The Morgan fingerprint density at radius 3 is 2.45 bits per heavy atom. The van der Waals surface area contributed by atoms with Gasteiger partial charge in [0.1, 0.15) is 5.54 Å². The van der Waals surface area contributed by atoms with Crippen LogP contribution in [-0.4, -0.2) is 54.6 Å². The Balaban J connectivity index is 1.19. The number of hydrogen-bond donors (Lipinski definition) is 2. The highest BCUT2D eigenvalue weighted by Crippen LogP contribution is 2.36. The van der Waals surface area contributed by atoms with E-state index in [1.165, 1.54) is 0 Å². The van der Waals surface area contributed by atoms with Crippen LogP contribution in [0.25, 0.3) is 10.8 Å². The monoisotopic (exact) mass is 442 g/mol. The Kier molecular flexibility index (Phi) is 5.77. The third-order valence-corrected chi connectivity index (χ3v) is 7.01. The molecule has 2 N–H and O–H groups in total. The SMILES string of the molecule is CC(CN1CCC2(CC1)C(=O)NCN2c1ccccc1)NC(=O)c1ccc2ccccc2c1. The molecule has 3 aromatic carbocycles. The van der Waals surface area contributed by atoms with Gasteiger partial charge in [0.05, 0.1) is 6.67 Å². The van der Waals surface area contributed by atoms with Crippen LogP contribution in [0.3, 0.4) is 0 Å². The van der Waals surface area contributed by atoms with Crippen LogP contribution >= 0.6 is 0 Å². The Hall–Kier alpha value is -3.38. The predicted octanol–water partition coefficient (Wildman–Crippen LogP) is 3.39. The summed E-state index contributed by atoms with van der Waals surface area (Å²) in [4.78, 5) is 30.2. The quantitative estimate of drug-likeness (QED) is 0.636. The zero-order valence-electron chi connectivity index (χ0n) is 19.0. The van der Waals surface area contributed by atoms with Crippen LogP contribution < -0.4 is 15.5 Å². The molecular formula is C27H30N4O2. The molecule has 2 aliphatic heterocycles. The largest absolute Gasteiger partial charge is 0.348 e. The van der Waals surface area contributed by atoms with Crippen molar-refractivity contribution in [3.63, 3.8) is 0 Å². The van der Waals surface area contributed by atoms with Gasteiger partial charge in [0, 0.05) is 36.9 Å². The fourth-order valence-corrected chi connectivity index (χ4v) is 5.21. The van der Waals surface area contributed by atoms with Crippen LogP contribution in [0, 0.1) is 0 Å². The zero-order valence-corrected chi connectivity index (χ0v) is 19.0. The van der Waals surface area contributed by atoms with Gasteiger partial charge in [-0.15, -0.1) is 0 Å². The summed E-state index contributed by atoms with van der Waals surface area (Å²) in [7, 11) is 0. The number of piperidine rings is 1. The van der Waals surface area contributed by atoms with Gasteiger partial charge in [0.2, 0.25) is 5.91 Å². The van der Waals surface area contributed by atoms with Crippen molar-refractivity contribution in [1.29, 1.82) is 0 Å². The first kappa shape index (κ1) is 21.5. The number of nitrogens with zero attached hydrogens (tertiary/aromatic N) is 2. The molecule has 1 spiro atoms. The van der Waals surface area contributed by atoms with E-state index >= 15 is 0 Å². The second-order valence-electron chi connectivity index (χ2n) is 9.20. The Morgan fingerprint density at radius 2 is 1.70 bits per heavy atom. The first-order valence-corrected chi connectivity index (χ1v) is 11.7. The van der Waals surface area contributed by atoms with Gasteiger partial charge in [0.15, 0.2) is 0 Å². The van der Waals surface area contributed by atoms with E-state index in [2.05, 4.69) is 32.6 Å². The van der Waals surface area contributed by atoms with Crippen LogP contribution in [0.4, 0.5) is 5.69 Å². The highest BCUT2D eigenvalue weighted by molar-refractivity contribution is 5.98. The van der Waals surface area contributed by atoms with Crippen molar-refractivity contribution in [2.24, 2.45) is 0 Å². The number of anilines is 1. The van der Waals surface area contributed by atoms with Gasteiger partial charge < -0.3 is 20.4 Å². The van der Waals surface area contributed by atoms with Crippen LogP contribution in [-0.2, 0) is 4.79 Å². The van der Waals surface area contributed by atoms with Crippen molar-refractivity contribution >= 4 is 28.3 Å². The smallest absolute Gasteiger partial charge is 0.251 e. The second-order valence-corrected chi connectivity index (χ2v) is 9.20. The number of hydrogen-bond acceptors (Lipinski definition) is 4. The molecule has 0 saturated carbocycles. The summed E-state index contributed by atoms with van der Waals surface area (Å²) in [6.07, 6.45) is 1.55. The molecule has 2 saturated heterocycles. The highest BCUT2D eigenvalue weighted by Gasteiger charge is 2.50. The summed E-state index contributed by atoms with van der Waals surface area (Å²) >= 11 is 0. The molecule has 170 valence electrons. The second kappa shape index (κ2) is 8.87. The Labute approximate surface area is 194 Å². The predicted molar refractivity (Wildman–Crippen MR) is 131 cm³/mol. The van der Waals surface area contributed by atoms with Crippen LogP contribution in [0.2, 0.25) is 0 Å². The molecular weight excluding hydrogens is 412 g/mol. The van der Waals surface area contributed by atoms with Crippen molar-refractivity contribution in [2.45, 2.75) is 31.3 Å². The third kappa shape index (κ3) is 4.18. The lowest BCUT2D eigenvalue weighted by Crippen LogP contribution is -2.57. The van der Waals surface area contributed by atoms with E-state index in [0.29, 0.717) is 12.2 Å². The number of benzene rings is 3. The van der Waals surface area contributed by atoms with Crippen molar-refractivity contribution in [3.05, 3.63) is 78.4 Å². The van der Waals surface area contributed by atoms with Crippen LogP contribution in [0.1, 0.15) is 30.1 Å². The fraction of sp³-hybridized carbons (Fsp3) is 0.333. The lowest BCUT2D eigenvalue weighted by atomic mass is 9.85. The molecule has 6 heteroatoms. The summed E-state index contributed by atoms with van der Waals surface area (Å²) in [6.45, 7) is 5.02. The molecule has 2 heterocycles. The van der Waals surface area contributed by atoms with Crippen molar-refractivity contribution in [3.8, 4) is 0 Å². The summed E-state index contributed by atoms with van der Waals surface area (Å²) in [5, 5.41) is 8.39. The van der Waals surface area contributed by atoms with Crippen LogP contribution in [0.5, 0.6) is 0 Å². The van der Waals surface area contributed by atoms with Gasteiger partial charge in [-0.2, -0.15) is 0 Å². The number of para-hydroxylation sites is 1. The van der Waals surface area contributed by atoms with E-state index < -0.39 is 5.54 Å². The molecule has 0 bridgehead atoms. The average Bonchev–Trinajstić information content (AvgIpc) is 3.16. The normalized spacial score (nSPS) is 18.9. The molecule has 0 radical (unpaired) electrons. The van der Waals surface area contributed by atoms with Gasteiger partial charge >= 0.3 is 0 Å². The highest BCUT2D eigenvalue weighted by atomic mass is 16.2. The first-order chi connectivity index (χ1) is 16.0. The molecule has 1 atom stereocenters. The Morgan fingerprint density at radius 1 is 1.00 bits per heavy atom. The van der Waals surface area contributed by atoms with E-state index in [0.717, 1.165) is 48.9 Å². The molecule has 33 heavy (non-hydrogen) atoms. The van der Waals surface area contributed by atoms with Gasteiger partial charge in [-0.3, -0.25) is 9.59 Å². The molecule has 6 nitrogen and oxygen atoms in total. The molecule has 2 aliphatic rings. The molecule has 5 rings (SSSR count). The van der Waals surface area contributed by atoms with E-state index in [9.17, 15) is 9.59 Å². The molecule has 1 unspecified atom stereocenters. The third-order valence-electron chi connectivity index (χ3n) is 7.01. The minimum Gasteiger partial charge on any atom is -0.348 e. The topological polar surface area (TPSA) is 64.7 Å². The van der Waals surface area contributed by atoms with E-state index in [4.69, 9.17) is 0 Å². The average molecular weight is 443 g/mol. The van der Waals surface area contributed by atoms with E-state index in [1.807, 2.05) is 67.6 Å². The van der Waals surface area contributed by atoms with Crippen molar-refractivity contribution in [2.75, 3.05) is 31.2 Å². The number of carbonyl (C=O) groups excluding carboxylic acids is 2. The molecule has 0 aromatic heterocycles. The van der Waals surface area contributed by atoms with E-state index in [-0.39, 0.29) is 17.9 Å². The van der Waals surface area contributed by atoms with Crippen LogP contribution in [0.15, 0.2) is 72.8 Å². The zero-order chi connectivity index (χ0) is 22.8. The number of rotatable bonds is 5. The van der Waals surface area contributed by atoms with Gasteiger partial charge in [-0.25, -0.2) is 0 Å². The summed E-state index contributed by atoms with van der Waals surface area (Å²) in [6, 6.07) is 24.1. The molecule has 2 fully saturated rings. The maximum absolute atomic E-state index is 12.8. The minimum atomic E-state index is -0.477. The Bertz CT molecular complexity index is 1160. The lowest BCUT2D eigenvalue weighted by molar-refractivity contribution is -0.125. The van der Waals surface area contributed by atoms with Crippen molar-refractivity contribution in [1.82, 2.24) is 15.5 Å². The van der Waals surface area contributed by atoms with Crippen molar-refractivity contribution < 1.29 is 9.59 Å². The fourth-order valence-electron chi connectivity index (χ4n) is 5.21. The van der Waals surface area contributed by atoms with Gasteiger partial charge in [-0.1, -0.05) is 48.5 Å². The number of amides is 2. The number of fused-ring (bicyclic) bond motifs is 1. The van der Waals surface area contributed by atoms with Gasteiger partial charge in [-0.05, 0) is 54.8 Å². The summed E-state index contributed by atoms with van der Waals surface area (Å²) in [5.41, 5.74) is 1.29. The molecule has 3 aromatic rings.